The van der Waals surface area contributed by atoms with E-state index in [4.69, 9.17) is 0 Å². The molecule has 2 aromatic carbocycles. The van der Waals surface area contributed by atoms with Crippen molar-refractivity contribution in [3.05, 3.63) is 59.4 Å². The second-order valence-electron chi connectivity index (χ2n) is 4.49. The molecule has 120 valence electrons. The van der Waals surface area contributed by atoms with Crippen LogP contribution < -0.4 is 10.6 Å². The molecule has 0 bridgehead atoms. The molecular formula is C15H10F4N2O2. The second-order valence-corrected chi connectivity index (χ2v) is 4.49. The van der Waals surface area contributed by atoms with Crippen molar-refractivity contribution in [2.45, 2.75) is 6.18 Å². The summed E-state index contributed by atoms with van der Waals surface area (Å²) in [7, 11) is 0. The second kappa shape index (κ2) is 6.47. The Bertz CT molecular complexity index is 744. The number of carbonyl (C=O) groups excluding carboxylic acids is 2. The molecule has 0 saturated carbocycles. The lowest BCUT2D eigenvalue weighted by Crippen LogP contribution is -2.21. The Morgan fingerprint density at radius 2 is 1.74 bits per heavy atom. The van der Waals surface area contributed by atoms with Gasteiger partial charge in [0.15, 0.2) is 5.82 Å². The van der Waals surface area contributed by atoms with E-state index in [1.54, 1.807) is 0 Å². The predicted octanol–water partition coefficient (Wildman–Crippen LogP) is 4.30. The van der Waals surface area contributed by atoms with E-state index in [1.807, 2.05) is 5.32 Å². The Hall–Kier alpha value is -2.90. The number of anilines is 2. The van der Waals surface area contributed by atoms with Gasteiger partial charge in [0.2, 0.25) is 0 Å². The Labute approximate surface area is 128 Å². The summed E-state index contributed by atoms with van der Waals surface area (Å²) < 4.78 is 51.6. The van der Waals surface area contributed by atoms with E-state index in [9.17, 15) is 27.2 Å². The minimum absolute atomic E-state index is 0.236. The van der Waals surface area contributed by atoms with Crippen LogP contribution in [0.25, 0.3) is 0 Å². The van der Waals surface area contributed by atoms with Crippen molar-refractivity contribution < 1.29 is 27.2 Å². The molecule has 0 unspecified atom stereocenters. The molecule has 2 amide bonds. The quantitative estimate of drug-likeness (QED) is 0.652. The van der Waals surface area contributed by atoms with Gasteiger partial charge in [-0.25, -0.2) is 9.18 Å². The molecule has 0 atom stereocenters. The van der Waals surface area contributed by atoms with Gasteiger partial charge in [-0.05, 0) is 24.3 Å². The highest BCUT2D eigenvalue weighted by atomic mass is 19.4. The fraction of sp³-hybridized carbons (Fsp3) is 0.0667. The summed E-state index contributed by atoms with van der Waals surface area (Å²) in [5.41, 5.74) is -1.55. The number of urea groups is 1. The van der Waals surface area contributed by atoms with Crippen molar-refractivity contribution in [3.8, 4) is 0 Å². The Kier molecular flexibility index (Phi) is 4.63. The van der Waals surface area contributed by atoms with Crippen LogP contribution in [0.2, 0.25) is 0 Å². The number of hydrogen-bond acceptors (Lipinski definition) is 2. The normalized spacial score (nSPS) is 11.0. The van der Waals surface area contributed by atoms with Gasteiger partial charge in [-0.15, -0.1) is 0 Å². The summed E-state index contributed by atoms with van der Waals surface area (Å²) in [5, 5.41) is 4.29. The van der Waals surface area contributed by atoms with Gasteiger partial charge in [0, 0.05) is 11.3 Å². The summed E-state index contributed by atoms with van der Waals surface area (Å²) >= 11 is 0. The lowest BCUT2D eigenvalue weighted by Gasteiger charge is -2.12. The van der Waals surface area contributed by atoms with Crippen LogP contribution in [0.4, 0.5) is 33.7 Å². The number of halogens is 4. The Morgan fingerprint density at radius 1 is 1.04 bits per heavy atom. The third kappa shape index (κ3) is 4.06. The van der Waals surface area contributed by atoms with Gasteiger partial charge in [-0.3, -0.25) is 4.79 Å². The zero-order valence-corrected chi connectivity index (χ0v) is 11.4. The molecule has 2 rings (SSSR count). The molecule has 0 aliphatic rings. The molecule has 2 N–H and O–H groups in total. The Morgan fingerprint density at radius 3 is 2.39 bits per heavy atom. The number of nitrogens with one attached hydrogen (secondary N) is 2. The number of amides is 2. The van der Waals surface area contributed by atoms with E-state index in [-0.39, 0.29) is 5.69 Å². The Balaban J connectivity index is 2.16. The first kappa shape index (κ1) is 16.5. The van der Waals surface area contributed by atoms with Crippen LogP contribution in [-0.4, -0.2) is 12.3 Å². The van der Waals surface area contributed by atoms with Crippen LogP contribution in [-0.2, 0) is 6.18 Å². The number of hydrogen-bond donors (Lipinski definition) is 2. The summed E-state index contributed by atoms with van der Waals surface area (Å²) in [6.45, 7) is 0. The van der Waals surface area contributed by atoms with E-state index in [0.29, 0.717) is 17.9 Å². The first-order valence-corrected chi connectivity index (χ1v) is 6.30. The number of aldehydes is 1. The molecule has 8 heteroatoms. The molecule has 2 aromatic rings. The van der Waals surface area contributed by atoms with Gasteiger partial charge in [0.25, 0.3) is 0 Å². The number of alkyl halides is 3. The average molecular weight is 326 g/mol. The number of rotatable bonds is 3. The molecule has 0 heterocycles. The largest absolute Gasteiger partial charge is 0.419 e. The highest BCUT2D eigenvalue weighted by molar-refractivity contribution is 6.00. The van der Waals surface area contributed by atoms with Crippen molar-refractivity contribution in [2.75, 3.05) is 10.6 Å². The maximum Gasteiger partial charge on any atom is 0.419 e. The van der Waals surface area contributed by atoms with Gasteiger partial charge in [0.05, 0.1) is 11.3 Å². The highest BCUT2D eigenvalue weighted by Gasteiger charge is 2.35. The topological polar surface area (TPSA) is 58.2 Å². The maximum atomic E-state index is 13.8. The van der Waals surface area contributed by atoms with Crippen molar-refractivity contribution in [2.24, 2.45) is 0 Å². The van der Waals surface area contributed by atoms with Crippen LogP contribution >= 0.6 is 0 Å². The third-order valence-corrected chi connectivity index (χ3v) is 2.83. The summed E-state index contributed by atoms with van der Waals surface area (Å²) in [6.07, 6.45) is -4.30. The number of carbonyl (C=O) groups is 2. The standard InChI is InChI=1S/C15H10F4N2O2/c16-13-11(15(17,18)19)5-2-6-12(13)21-14(23)20-10-4-1-3-9(7-10)8-22/h1-8H,(H2,20,21,23). The van der Waals surface area contributed by atoms with E-state index in [2.05, 4.69) is 5.32 Å². The van der Waals surface area contributed by atoms with Gasteiger partial charge in [-0.1, -0.05) is 18.2 Å². The van der Waals surface area contributed by atoms with Crippen molar-refractivity contribution in [1.29, 1.82) is 0 Å². The van der Waals surface area contributed by atoms with Crippen LogP contribution in [0.15, 0.2) is 42.5 Å². The van der Waals surface area contributed by atoms with Gasteiger partial charge < -0.3 is 10.6 Å². The molecule has 23 heavy (non-hydrogen) atoms. The lowest BCUT2D eigenvalue weighted by molar-refractivity contribution is -0.139. The first-order valence-electron chi connectivity index (χ1n) is 6.30. The van der Waals surface area contributed by atoms with E-state index in [0.717, 1.165) is 12.1 Å². The lowest BCUT2D eigenvalue weighted by atomic mass is 10.2. The first-order chi connectivity index (χ1) is 10.8. The monoisotopic (exact) mass is 326 g/mol. The minimum Gasteiger partial charge on any atom is -0.308 e. The van der Waals surface area contributed by atoms with Crippen LogP contribution in [0.1, 0.15) is 15.9 Å². The molecule has 0 fully saturated rings. The molecule has 0 aliphatic carbocycles. The van der Waals surface area contributed by atoms with Crippen LogP contribution in [0, 0.1) is 5.82 Å². The van der Waals surface area contributed by atoms with Crippen molar-refractivity contribution in [3.63, 3.8) is 0 Å². The van der Waals surface area contributed by atoms with Gasteiger partial charge in [0.1, 0.15) is 6.29 Å². The maximum absolute atomic E-state index is 13.8. The zero-order chi connectivity index (χ0) is 17.0. The predicted molar refractivity (Wildman–Crippen MR) is 75.9 cm³/mol. The van der Waals surface area contributed by atoms with E-state index in [1.165, 1.54) is 24.3 Å². The smallest absolute Gasteiger partial charge is 0.308 e. The fourth-order valence-electron chi connectivity index (χ4n) is 1.82. The minimum atomic E-state index is -4.86. The van der Waals surface area contributed by atoms with Gasteiger partial charge >= 0.3 is 12.2 Å². The number of benzene rings is 2. The highest BCUT2D eigenvalue weighted by Crippen LogP contribution is 2.33. The molecule has 0 spiro atoms. The third-order valence-electron chi connectivity index (χ3n) is 2.83. The molecule has 4 nitrogen and oxygen atoms in total. The molecular weight excluding hydrogens is 316 g/mol. The summed E-state index contributed by atoms with van der Waals surface area (Å²) in [4.78, 5) is 22.4. The van der Waals surface area contributed by atoms with Crippen molar-refractivity contribution >= 4 is 23.7 Å². The zero-order valence-electron chi connectivity index (χ0n) is 11.4. The molecule has 0 aliphatic heterocycles. The van der Waals surface area contributed by atoms with Crippen molar-refractivity contribution in [1.82, 2.24) is 0 Å². The van der Waals surface area contributed by atoms with Gasteiger partial charge in [-0.2, -0.15) is 13.2 Å². The van der Waals surface area contributed by atoms with E-state index < -0.39 is 29.3 Å². The SMILES string of the molecule is O=Cc1cccc(NC(=O)Nc2cccc(C(F)(F)F)c2F)c1. The molecule has 0 saturated heterocycles. The molecule has 0 aromatic heterocycles. The summed E-state index contributed by atoms with van der Waals surface area (Å²) in [6, 6.07) is 7.45. The molecule has 0 radical (unpaired) electrons. The fourth-order valence-corrected chi connectivity index (χ4v) is 1.82. The summed E-state index contributed by atoms with van der Waals surface area (Å²) in [5.74, 6) is -1.57. The van der Waals surface area contributed by atoms with Crippen LogP contribution in [0.3, 0.4) is 0 Å². The van der Waals surface area contributed by atoms with Crippen LogP contribution in [0.5, 0.6) is 0 Å². The average Bonchev–Trinajstić information content (AvgIpc) is 2.48. The van der Waals surface area contributed by atoms with E-state index >= 15 is 0 Å².